The van der Waals surface area contributed by atoms with Gasteiger partial charge in [-0.3, -0.25) is 14.4 Å². The third-order valence-electron chi connectivity index (χ3n) is 7.91. The van der Waals surface area contributed by atoms with Gasteiger partial charge in [-0.1, -0.05) is 60.9 Å². The van der Waals surface area contributed by atoms with E-state index in [1.165, 1.54) is 0 Å². The number of ether oxygens (including phenoxy) is 5. The molecular weight excluding hydrogens is 688 g/mol. The van der Waals surface area contributed by atoms with Crippen LogP contribution < -0.4 is 21.1 Å². The Kier molecular flexibility index (Phi) is 21.5. The number of azide groups is 1. The van der Waals surface area contributed by atoms with Crippen LogP contribution in [0.3, 0.4) is 0 Å². The van der Waals surface area contributed by atoms with E-state index in [2.05, 4.69) is 20.7 Å². The molecule has 2 atom stereocenters. The van der Waals surface area contributed by atoms with Crippen LogP contribution >= 0.6 is 0 Å². The number of urea groups is 1. The summed E-state index contributed by atoms with van der Waals surface area (Å²) in [5, 5.41) is 8.71. The van der Waals surface area contributed by atoms with Gasteiger partial charge in [-0.25, -0.2) is 9.59 Å². The number of rotatable bonds is 27. The number of hydrogen-bond acceptors (Lipinski definition) is 11. The van der Waals surface area contributed by atoms with Gasteiger partial charge in [-0.2, -0.15) is 0 Å². The fourth-order valence-electron chi connectivity index (χ4n) is 4.92. The molecule has 0 saturated heterocycles. The van der Waals surface area contributed by atoms with Gasteiger partial charge in [-0.15, -0.1) is 0 Å². The molecule has 290 valence electrons. The van der Waals surface area contributed by atoms with Gasteiger partial charge in [0.25, 0.3) is 0 Å². The largest absolute Gasteiger partial charge is 0.514 e. The molecule has 0 aliphatic heterocycles. The maximum absolute atomic E-state index is 13.5. The minimum absolute atomic E-state index is 0.0111. The van der Waals surface area contributed by atoms with Crippen molar-refractivity contribution in [1.29, 1.82) is 0 Å². The molecule has 0 saturated carbocycles. The van der Waals surface area contributed by atoms with E-state index in [4.69, 9.17) is 34.9 Å². The Morgan fingerprint density at radius 1 is 0.868 bits per heavy atom. The number of ketones is 2. The average molecular weight is 741 g/mol. The van der Waals surface area contributed by atoms with Gasteiger partial charge in [0, 0.05) is 43.2 Å². The minimum atomic E-state index is -0.868. The molecular formula is C37H52N6O10. The molecule has 0 heterocycles. The molecule has 0 fully saturated rings. The van der Waals surface area contributed by atoms with Crippen LogP contribution in [0, 0.1) is 18.8 Å². The van der Waals surface area contributed by atoms with Crippen molar-refractivity contribution in [3.63, 3.8) is 0 Å². The fourth-order valence-corrected chi connectivity index (χ4v) is 4.92. The van der Waals surface area contributed by atoms with E-state index < -0.39 is 30.1 Å². The number of carbonyl (C=O) groups is 5. The summed E-state index contributed by atoms with van der Waals surface area (Å²) in [6.45, 7) is 7.86. The normalized spacial score (nSPS) is 11.9. The Morgan fingerprint density at radius 3 is 2.11 bits per heavy atom. The molecule has 16 heteroatoms. The Balaban J connectivity index is 1.86. The minimum Gasteiger partial charge on any atom is -0.429 e. The molecule has 0 unspecified atom stereocenters. The van der Waals surface area contributed by atoms with E-state index in [1.54, 1.807) is 36.4 Å². The molecule has 2 rings (SSSR count). The van der Waals surface area contributed by atoms with Crippen molar-refractivity contribution in [3.05, 3.63) is 75.7 Å². The lowest BCUT2D eigenvalue weighted by Gasteiger charge is -2.24. The Bertz CT molecular complexity index is 1480. The number of nitrogens with zero attached hydrogens (tertiary/aromatic N) is 3. The van der Waals surface area contributed by atoms with Crippen LogP contribution in [-0.4, -0.2) is 88.4 Å². The number of amides is 3. The SMILES string of the molecule is Cc1ccc(OC(=O)OCc2ccc(CC(=O)[C@H](CCCNC(N)=O)NC(=O)[C@@H](CC(=O)CCOCCOCCOCCN=[N+]=[N-])C(C)C)cc2)cc1. The summed E-state index contributed by atoms with van der Waals surface area (Å²) in [6.07, 6.45) is -0.0881. The summed E-state index contributed by atoms with van der Waals surface area (Å²) in [4.78, 5) is 65.6. The zero-order valence-corrected chi connectivity index (χ0v) is 30.8. The predicted molar refractivity (Wildman–Crippen MR) is 195 cm³/mol. The van der Waals surface area contributed by atoms with Crippen LogP contribution in [0.4, 0.5) is 9.59 Å². The van der Waals surface area contributed by atoms with Crippen molar-refractivity contribution in [3.8, 4) is 5.75 Å². The van der Waals surface area contributed by atoms with Gasteiger partial charge in [0.15, 0.2) is 5.78 Å². The number of nitrogens with two attached hydrogens (primary N) is 1. The van der Waals surface area contributed by atoms with Crippen molar-refractivity contribution >= 4 is 29.7 Å². The molecule has 0 aliphatic rings. The standard InChI is InChI=1S/C37H52N6O10/c1-26(2)32(24-30(44)14-17-49-19-21-51-22-20-50-18-16-41-43-39)35(46)42-33(5-4-15-40-36(38)47)34(45)23-28-8-10-29(11-9-28)25-52-37(48)53-31-12-6-27(3)7-13-31/h6-13,26,32-33H,4-5,14-25H2,1-3H3,(H,42,46)(H3,38,40,47)/t32-,33-/m0/s1. The molecule has 0 spiro atoms. The molecule has 0 radical (unpaired) electrons. The van der Waals surface area contributed by atoms with Crippen LogP contribution in [0.2, 0.25) is 0 Å². The number of aryl methyl sites for hydroxylation is 1. The van der Waals surface area contributed by atoms with Gasteiger partial charge in [0.05, 0.1) is 45.7 Å². The summed E-state index contributed by atoms with van der Waals surface area (Å²) in [5.74, 6) is -1.27. The Labute approximate surface area is 310 Å². The predicted octanol–water partition coefficient (Wildman–Crippen LogP) is 4.74. The molecule has 53 heavy (non-hydrogen) atoms. The molecule has 4 N–H and O–H groups in total. The van der Waals surface area contributed by atoms with Crippen LogP contribution in [0.5, 0.6) is 5.75 Å². The van der Waals surface area contributed by atoms with E-state index in [0.29, 0.717) is 49.7 Å². The molecule has 0 bridgehead atoms. The van der Waals surface area contributed by atoms with Crippen molar-refractivity contribution in [2.75, 3.05) is 52.7 Å². The quantitative estimate of drug-likeness (QED) is 0.0284. The third kappa shape index (κ3) is 20.0. The number of benzene rings is 2. The first-order chi connectivity index (χ1) is 25.5. The van der Waals surface area contributed by atoms with E-state index in [-0.39, 0.29) is 76.1 Å². The lowest BCUT2D eigenvalue weighted by molar-refractivity contribution is -0.134. The summed E-state index contributed by atoms with van der Waals surface area (Å²) >= 11 is 0. The number of hydrogen-bond donors (Lipinski definition) is 3. The lowest BCUT2D eigenvalue weighted by Crippen LogP contribution is -2.46. The molecule has 0 aliphatic carbocycles. The summed E-state index contributed by atoms with van der Waals surface area (Å²) in [6, 6.07) is 12.4. The first-order valence-electron chi connectivity index (χ1n) is 17.6. The second-order valence-electron chi connectivity index (χ2n) is 12.5. The fraction of sp³-hybridized carbons (Fsp3) is 0.541. The highest BCUT2D eigenvalue weighted by atomic mass is 16.7. The van der Waals surface area contributed by atoms with Crippen LogP contribution in [-0.2, 0) is 46.4 Å². The maximum Gasteiger partial charge on any atom is 0.514 e. The van der Waals surface area contributed by atoms with Gasteiger partial charge >= 0.3 is 12.2 Å². The number of Topliss-reactive ketones (excluding diaryl/α,β-unsaturated/α-hetero) is 2. The highest BCUT2D eigenvalue weighted by molar-refractivity contribution is 5.92. The van der Waals surface area contributed by atoms with E-state index in [1.807, 2.05) is 32.9 Å². The first-order valence-corrected chi connectivity index (χ1v) is 17.6. The highest BCUT2D eigenvalue weighted by Gasteiger charge is 2.29. The topological polar surface area (TPSA) is 230 Å². The summed E-state index contributed by atoms with van der Waals surface area (Å²) in [7, 11) is 0. The zero-order chi connectivity index (χ0) is 38.8. The smallest absolute Gasteiger partial charge is 0.429 e. The monoisotopic (exact) mass is 740 g/mol. The van der Waals surface area contributed by atoms with Crippen molar-refractivity contribution in [2.24, 2.45) is 22.7 Å². The van der Waals surface area contributed by atoms with Crippen molar-refractivity contribution in [2.45, 2.75) is 65.5 Å². The second kappa shape index (κ2) is 25.9. The Hall–Kier alpha value is -5.02. The zero-order valence-electron chi connectivity index (χ0n) is 30.8. The number of nitrogens with one attached hydrogen (secondary N) is 2. The summed E-state index contributed by atoms with van der Waals surface area (Å²) < 4.78 is 26.5. The average Bonchev–Trinajstić information content (AvgIpc) is 3.12. The molecule has 16 nitrogen and oxygen atoms in total. The molecule has 3 amide bonds. The van der Waals surface area contributed by atoms with Gasteiger partial charge in [0.2, 0.25) is 5.91 Å². The Morgan fingerprint density at radius 2 is 1.49 bits per heavy atom. The second-order valence-corrected chi connectivity index (χ2v) is 12.5. The van der Waals surface area contributed by atoms with Crippen molar-refractivity contribution < 1.29 is 47.7 Å². The van der Waals surface area contributed by atoms with Crippen molar-refractivity contribution in [1.82, 2.24) is 10.6 Å². The molecule has 0 aromatic heterocycles. The maximum atomic E-state index is 13.5. The van der Waals surface area contributed by atoms with Crippen LogP contribution in [0.1, 0.15) is 56.2 Å². The first kappa shape index (κ1) is 44.1. The van der Waals surface area contributed by atoms with Gasteiger partial charge in [0.1, 0.15) is 18.1 Å². The summed E-state index contributed by atoms with van der Waals surface area (Å²) in [5.41, 5.74) is 15.8. The number of primary amides is 1. The highest BCUT2D eigenvalue weighted by Crippen LogP contribution is 2.19. The van der Waals surface area contributed by atoms with E-state index >= 15 is 0 Å². The lowest BCUT2D eigenvalue weighted by atomic mass is 9.88. The van der Waals surface area contributed by atoms with Gasteiger partial charge in [-0.05, 0) is 54.5 Å². The van der Waals surface area contributed by atoms with Crippen LogP contribution in [0.25, 0.3) is 10.4 Å². The van der Waals surface area contributed by atoms with E-state index in [9.17, 15) is 24.0 Å². The van der Waals surface area contributed by atoms with Gasteiger partial charge < -0.3 is 40.1 Å². The third-order valence-corrected chi connectivity index (χ3v) is 7.91. The molecule has 2 aromatic rings. The molecule has 2 aromatic carbocycles. The number of carbonyl (C=O) groups excluding carboxylic acids is 5. The van der Waals surface area contributed by atoms with E-state index in [0.717, 1.165) is 5.56 Å². The van der Waals surface area contributed by atoms with Crippen LogP contribution in [0.15, 0.2) is 53.6 Å².